The zero-order valence-electron chi connectivity index (χ0n) is 9.80. The highest BCUT2D eigenvalue weighted by atomic mass is 16.3. The maximum Gasteiger partial charge on any atom is 0.117 e. The predicted octanol–water partition coefficient (Wildman–Crippen LogP) is 2.11. The van der Waals surface area contributed by atoms with Gasteiger partial charge in [-0.3, -0.25) is 0 Å². The Balaban J connectivity index is 1.84. The standard InChI is InChI=1S/C14H18N2O/c15-9-13(12-5-2-1-3-6-12)10-16-11-14-7-4-8-17-14/h1-8,13,16H,9-11,15H2. The molecule has 0 spiro atoms. The average Bonchev–Trinajstić information content (AvgIpc) is 2.89. The van der Waals surface area contributed by atoms with Crippen LogP contribution in [0.3, 0.4) is 0 Å². The molecule has 3 N–H and O–H groups in total. The summed E-state index contributed by atoms with van der Waals surface area (Å²) < 4.78 is 5.26. The SMILES string of the molecule is NCC(CNCc1ccco1)c1ccccc1. The Labute approximate surface area is 102 Å². The third-order valence-electron chi connectivity index (χ3n) is 2.83. The van der Waals surface area contributed by atoms with Crippen LogP contribution in [0.1, 0.15) is 17.2 Å². The Morgan fingerprint density at radius 2 is 1.94 bits per heavy atom. The van der Waals surface area contributed by atoms with E-state index >= 15 is 0 Å². The van der Waals surface area contributed by atoms with Crippen molar-refractivity contribution in [2.75, 3.05) is 13.1 Å². The van der Waals surface area contributed by atoms with Gasteiger partial charge in [-0.05, 0) is 17.7 Å². The fourth-order valence-corrected chi connectivity index (χ4v) is 1.85. The number of rotatable bonds is 6. The van der Waals surface area contributed by atoms with Gasteiger partial charge < -0.3 is 15.5 Å². The van der Waals surface area contributed by atoms with Gasteiger partial charge in [0.2, 0.25) is 0 Å². The quantitative estimate of drug-likeness (QED) is 0.799. The van der Waals surface area contributed by atoms with E-state index in [9.17, 15) is 0 Å². The van der Waals surface area contributed by atoms with Crippen LogP contribution in [0.15, 0.2) is 53.1 Å². The second kappa shape index (κ2) is 6.23. The van der Waals surface area contributed by atoms with Crippen molar-refractivity contribution in [1.82, 2.24) is 5.32 Å². The first kappa shape index (κ1) is 11.9. The van der Waals surface area contributed by atoms with E-state index in [-0.39, 0.29) is 0 Å². The molecule has 1 aromatic carbocycles. The smallest absolute Gasteiger partial charge is 0.117 e. The Bertz CT molecular complexity index is 411. The van der Waals surface area contributed by atoms with Gasteiger partial charge in [-0.15, -0.1) is 0 Å². The third kappa shape index (κ3) is 3.44. The number of hydrogen-bond donors (Lipinski definition) is 2. The van der Waals surface area contributed by atoms with Gasteiger partial charge in [-0.2, -0.15) is 0 Å². The first-order chi connectivity index (χ1) is 8.40. The summed E-state index contributed by atoms with van der Waals surface area (Å²) in [6.07, 6.45) is 1.69. The Morgan fingerprint density at radius 1 is 1.12 bits per heavy atom. The van der Waals surface area contributed by atoms with Crippen molar-refractivity contribution in [2.45, 2.75) is 12.5 Å². The fraction of sp³-hybridized carbons (Fsp3) is 0.286. The van der Waals surface area contributed by atoms with Crippen LogP contribution in [-0.2, 0) is 6.54 Å². The summed E-state index contributed by atoms with van der Waals surface area (Å²) in [7, 11) is 0. The number of nitrogens with one attached hydrogen (secondary N) is 1. The van der Waals surface area contributed by atoms with Crippen molar-refractivity contribution in [3.63, 3.8) is 0 Å². The molecule has 90 valence electrons. The summed E-state index contributed by atoms with van der Waals surface area (Å²) in [6.45, 7) is 2.26. The summed E-state index contributed by atoms with van der Waals surface area (Å²) in [5.74, 6) is 1.31. The van der Waals surface area contributed by atoms with Gasteiger partial charge in [-0.1, -0.05) is 30.3 Å². The molecular formula is C14H18N2O. The Hall–Kier alpha value is -1.58. The number of hydrogen-bond acceptors (Lipinski definition) is 3. The van der Waals surface area contributed by atoms with Crippen LogP contribution in [-0.4, -0.2) is 13.1 Å². The highest BCUT2D eigenvalue weighted by Crippen LogP contribution is 2.13. The van der Waals surface area contributed by atoms with Crippen molar-refractivity contribution in [2.24, 2.45) is 5.73 Å². The second-order valence-electron chi connectivity index (χ2n) is 4.05. The van der Waals surface area contributed by atoms with Crippen molar-refractivity contribution in [1.29, 1.82) is 0 Å². The molecule has 3 nitrogen and oxygen atoms in total. The van der Waals surface area contributed by atoms with Gasteiger partial charge in [-0.25, -0.2) is 0 Å². The molecule has 0 bridgehead atoms. The summed E-state index contributed by atoms with van der Waals surface area (Å²) in [5, 5.41) is 3.36. The Morgan fingerprint density at radius 3 is 2.59 bits per heavy atom. The molecular weight excluding hydrogens is 212 g/mol. The van der Waals surface area contributed by atoms with Crippen molar-refractivity contribution >= 4 is 0 Å². The first-order valence-electron chi connectivity index (χ1n) is 5.88. The topological polar surface area (TPSA) is 51.2 Å². The molecule has 0 aliphatic rings. The molecule has 0 saturated heterocycles. The molecule has 0 fully saturated rings. The predicted molar refractivity (Wildman–Crippen MR) is 68.7 cm³/mol. The van der Waals surface area contributed by atoms with E-state index < -0.39 is 0 Å². The van der Waals surface area contributed by atoms with Crippen LogP contribution in [0.25, 0.3) is 0 Å². The molecule has 1 heterocycles. The number of benzene rings is 1. The average molecular weight is 230 g/mol. The lowest BCUT2D eigenvalue weighted by Gasteiger charge is -2.15. The summed E-state index contributed by atoms with van der Waals surface area (Å²) >= 11 is 0. The number of furan rings is 1. The number of nitrogens with two attached hydrogens (primary N) is 1. The summed E-state index contributed by atoms with van der Waals surface area (Å²) in [5.41, 5.74) is 7.08. The van der Waals surface area contributed by atoms with E-state index in [1.165, 1.54) is 5.56 Å². The monoisotopic (exact) mass is 230 g/mol. The Kier molecular flexibility index (Phi) is 4.36. The van der Waals surface area contributed by atoms with E-state index in [1.54, 1.807) is 6.26 Å². The van der Waals surface area contributed by atoms with E-state index in [1.807, 2.05) is 30.3 Å². The van der Waals surface area contributed by atoms with Crippen LogP contribution in [0.2, 0.25) is 0 Å². The van der Waals surface area contributed by atoms with Gasteiger partial charge in [0.05, 0.1) is 12.8 Å². The minimum absolute atomic E-state index is 0.353. The van der Waals surface area contributed by atoms with Gasteiger partial charge in [0.15, 0.2) is 0 Å². The first-order valence-corrected chi connectivity index (χ1v) is 5.88. The summed E-state index contributed by atoms with van der Waals surface area (Å²) in [6, 6.07) is 14.2. The van der Waals surface area contributed by atoms with Gasteiger partial charge in [0.25, 0.3) is 0 Å². The molecule has 1 atom stereocenters. The van der Waals surface area contributed by atoms with Gasteiger partial charge in [0, 0.05) is 19.0 Å². The van der Waals surface area contributed by atoms with Gasteiger partial charge >= 0.3 is 0 Å². The third-order valence-corrected chi connectivity index (χ3v) is 2.83. The highest BCUT2D eigenvalue weighted by molar-refractivity contribution is 5.20. The zero-order chi connectivity index (χ0) is 11.9. The largest absolute Gasteiger partial charge is 0.468 e. The molecule has 0 aliphatic carbocycles. The van der Waals surface area contributed by atoms with Crippen LogP contribution >= 0.6 is 0 Å². The van der Waals surface area contributed by atoms with Crippen molar-refractivity contribution < 1.29 is 4.42 Å². The molecule has 0 amide bonds. The second-order valence-corrected chi connectivity index (χ2v) is 4.05. The van der Waals surface area contributed by atoms with Crippen LogP contribution in [0.4, 0.5) is 0 Å². The van der Waals surface area contributed by atoms with Crippen LogP contribution in [0.5, 0.6) is 0 Å². The van der Waals surface area contributed by atoms with E-state index in [4.69, 9.17) is 10.2 Å². The van der Waals surface area contributed by atoms with E-state index in [2.05, 4.69) is 17.4 Å². The summed E-state index contributed by atoms with van der Waals surface area (Å²) in [4.78, 5) is 0. The highest BCUT2D eigenvalue weighted by Gasteiger charge is 2.08. The van der Waals surface area contributed by atoms with Gasteiger partial charge in [0.1, 0.15) is 5.76 Å². The molecule has 0 aliphatic heterocycles. The lowest BCUT2D eigenvalue weighted by Crippen LogP contribution is -2.26. The molecule has 2 rings (SSSR count). The fourth-order valence-electron chi connectivity index (χ4n) is 1.85. The maximum absolute atomic E-state index is 5.80. The molecule has 0 saturated carbocycles. The normalized spacial score (nSPS) is 12.5. The lowest BCUT2D eigenvalue weighted by molar-refractivity contribution is 0.473. The molecule has 1 unspecified atom stereocenters. The molecule has 17 heavy (non-hydrogen) atoms. The molecule has 2 aromatic rings. The van der Waals surface area contributed by atoms with Crippen molar-refractivity contribution in [3.05, 3.63) is 60.1 Å². The minimum Gasteiger partial charge on any atom is -0.468 e. The maximum atomic E-state index is 5.80. The van der Waals surface area contributed by atoms with Crippen LogP contribution in [0, 0.1) is 0 Å². The minimum atomic E-state index is 0.353. The molecule has 3 heteroatoms. The molecule has 1 aromatic heterocycles. The molecule has 0 radical (unpaired) electrons. The van der Waals surface area contributed by atoms with Crippen molar-refractivity contribution in [3.8, 4) is 0 Å². The lowest BCUT2D eigenvalue weighted by atomic mass is 9.99. The van der Waals surface area contributed by atoms with E-state index in [0.29, 0.717) is 12.5 Å². The van der Waals surface area contributed by atoms with Crippen LogP contribution < -0.4 is 11.1 Å². The zero-order valence-corrected chi connectivity index (χ0v) is 9.80. The van der Waals surface area contributed by atoms with E-state index in [0.717, 1.165) is 18.8 Å².